The Morgan fingerprint density at radius 3 is 2.33 bits per heavy atom. The van der Waals surface area contributed by atoms with E-state index in [2.05, 4.69) is 44.7 Å². The zero-order valence-corrected chi connectivity index (χ0v) is 9.79. The molecule has 2 rings (SSSR count). The summed E-state index contributed by atoms with van der Waals surface area (Å²) in [4.78, 5) is 0. The van der Waals surface area contributed by atoms with Crippen LogP contribution in [0.2, 0.25) is 0 Å². The lowest BCUT2D eigenvalue weighted by Crippen LogP contribution is -1.95. The van der Waals surface area contributed by atoms with E-state index in [0.29, 0.717) is 11.8 Å². The van der Waals surface area contributed by atoms with Crippen LogP contribution in [0.5, 0.6) is 0 Å². The lowest BCUT2D eigenvalue weighted by atomic mass is 9.92. The normalized spacial score (nSPS) is 21.3. The molecule has 0 saturated heterocycles. The number of hydrogen-bond acceptors (Lipinski definition) is 0. The fourth-order valence-corrected chi connectivity index (χ4v) is 2.43. The molecule has 1 saturated carbocycles. The van der Waals surface area contributed by atoms with Gasteiger partial charge in [0, 0.05) is 5.92 Å². The van der Waals surface area contributed by atoms with E-state index in [4.69, 9.17) is 0 Å². The molecule has 0 radical (unpaired) electrons. The van der Waals surface area contributed by atoms with Crippen molar-refractivity contribution < 1.29 is 0 Å². The molecule has 1 unspecified atom stereocenters. The predicted octanol–water partition coefficient (Wildman–Crippen LogP) is 4.63. The summed E-state index contributed by atoms with van der Waals surface area (Å²) < 4.78 is 0. The maximum Gasteiger partial charge on any atom is 0.00455 e. The van der Waals surface area contributed by atoms with Crippen LogP contribution < -0.4 is 0 Å². The largest absolute Gasteiger partial charge is 0.0992 e. The molecular formula is C15H20. The third-order valence-corrected chi connectivity index (χ3v) is 3.49. The van der Waals surface area contributed by atoms with E-state index in [-0.39, 0.29) is 0 Å². The van der Waals surface area contributed by atoms with Gasteiger partial charge in [-0.3, -0.25) is 0 Å². The van der Waals surface area contributed by atoms with E-state index >= 15 is 0 Å². The first-order valence-electron chi connectivity index (χ1n) is 5.96. The minimum absolute atomic E-state index is 0.630. The molecule has 0 heterocycles. The zero-order valence-electron chi connectivity index (χ0n) is 9.79. The molecule has 80 valence electrons. The molecule has 1 atom stereocenters. The topological polar surface area (TPSA) is 0 Å². The third-order valence-electron chi connectivity index (χ3n) is 3.49. The number of hydrogen-bond donors (Lipinski definition) is 0. The molecule has 0 bridgehead atoms. The van der Waals surface area contributed by atoms with Gasteiger partial charge < -0.3 is 0 Å². The minimum atomic E-state index is 0.630. The second-order valence-electron chi connectivity index (χ2n) is 4.92. The predicted molar refractivity (Wildman–Crippen MR) is 66.3 cm³/mol. The van der Waals surface area contributed by atoms with E-state index in [9.17, 15) is 0 Å². The van der Waals surface area contributed by atoms with Gasteiger partial charge in [-0.15, -0.1) is 0 Å². The summed E-state index contributed by atoms with van der Waals surface area (Å²) in [5, 5.41) is 0. The van der Waals surface area contributed by atoms with Crippen molar-refractivity contribution in [3.8, 4) is 0 Å². The summed E-state index contributed by atoms with van der Waals surface area (Å²) in [7, 11) is 0. The molecule has 15 heavy (non-hydrogen) atoms. The Morgan fingerprint density at radius 2 is 1.87 bits per heavy atom. The average Bonchev–Trinajstić information content (AvgIpc) is 2.65. The Morgan fingerprint density at radius 1 is 1.20 bits per heavy atom. The van der Waals surface area contributed by atoms with Gasteiger partial charge in [0.05, 0.1) is 0 Å². The maximum absolute atomic E-state index is 4.17. The first-order valence-corrected chi connectivity index (χ1v) is 5.96. The molecule has 1 aliphatic carbocycles. The van der Waals surface area contributed by atoms with Gasteiger partial charge in [-0.05, 0) is 36.3 Å². The fraction of sp³-hybridized carbons (Fsp3) is 0.467. The molecule has 0 amide bonds. The zero-order chi connectivity index (χ0) is 10.8. The molecule has 1 aromatic rings. The van der Waals surface area contributed by atoms with Crippen LogP contribution in [-0.2, 0) is 0 Å². The quantitative estimate of drug-likeness (QED) is 0.610. The fourth-order valence-electron chi connectivity index (χ4n) is 2.43. The molecule has 0 spiro atoms. The summed E-state index contributed by atoms with van der Waals surface area (Å²) in [5.74, 6) is 1.26. The van der Waals surface area contributed by atoms with Crippen LogP contribution >= 0.6 is 0 Å². The minimum Gasteiger partial charge on any atom is -0.0992 e. The van der Waals surface area contributed by atoms with E-state index in [1.54, 1.807) is 0 Å². The molecule has 0 heteroatoms. The first-order chi connectivity index (χ1) is 7.18. The van der Waals surface area contributed by atoms with Gasteiger partial charge in [-0.2, -0.15) is 0 Å². The van der Waals surface area contributed by atoms with Crippen molar-refractivity contribution in [2.75, 3.05) is 0 Å². The van der Waals surface area contributed by atoms with Crippen molar-refractivity contribution in [2.24, 2.45) is 0 Å². The average molecular weight is 200 g/mol. The number of rotatable bonds is 2. The first kappa shape index (κ1) is 10.5. The van der Waals surface area contributed by atoms with Crippen LogP contribution in [0.3, 0.4) is 0 Å². The second kappa shape index (κ2) is 4.22. The summed E-state index contributed by atoms with van der Waals surface area (Å²) >= 11 is 0. The van der Waals surface area contributed by atoms with E-state index < -0.39 is 0 Å². The third kappa shape index (κ3) is 2.14. The molecule has 0 aliphatic heterocycles. The van der Waals surface area contributed by atoms with Gasteiger partial charge in [-0.1, -0.05) is 50.3 Å². The van der Waals surface area contributed by atoms with E-state index in [1.165, 1.54) is 36.0 Å². The standard InChI is InChI=1S/C15H20/c1-11(2)13-7-9-14(10-8-13)15-6-4-5-12(15)3/h7-11,15H,3-6H2,1-2H3. The van der Waals surface area contributed by atoms with Crippen molar-refractivity contribution in [1.29, 1.82) is 0 Å². The smallest absolute Gasteiger partial charge is 0.00455 e. The summed E-state index contributed by atoms with van der Waals surface area (Å²) in [6.45, 7) is 8.65. The van der Waals surface area contributed by atoms with Gasteiger partial charge in [0.2, 0.25) is 0 Å². The molecule has 1 aliphatic rings. The lowest BCUT2D eigenvalue weighted by molar-refractivity contribution is 0.790. The summed E-state index contributed by atoms with van der Waals surface area (Å²) in [5.41, 5.74) is 4.32. The maximum atomic E-state index is 4.17. The Bertz CT molecular complexity index is 343. The monoisotopic (exact) mass is 200 g/mol. The Kier molecular flexibility index (Phi) is 2.95. The van der Waals surface area contributed by atoms with Crippen LogP contribution in [0, 0.1) is 0 Å². The van der Waals surface area contributed by atoms with Crippen LogP contribution in [0.25, 0.3) is 0 Å². The van der Waals surface area contributed by atoms with E-state index in [0.717, 1.165) is 0 Å². The Balaban J connectivity index is 2.19. The van der Waals surface area contributed by atoms with Gasteiger partial charge in [-0.25, -0.2) is 0 Å². The molecule has 0 aromatic heterocycles. The SMILES string of the molecule is C=C1CCCC1c1ccc(C(C)C)cc1. The highest BCUT2D eigenvalue weighted by molar-refractivity contribution is 5.33. The van der Waals surface area contributed by atoms with Crippen molar-refractivity contribution in [1.82, 2.24) is 0 Å². The highest BCUT2D eigenvalue weighted by Crippen LogP contribution is 2.38. The highest BCUT2D eigenvalue weighted by atomic mass is 14.2. The Labute approximate surface area is 93.0 Å². The number of allylic oxidation sites excluding steroid dienone is 1. The summed E-state index contributed by atoms with van der Waals surface area (Å²) in [6.07, 6.45) is 3.83. The Hall–Kier alpha value is -1.04. The van der Waals surface area contributed by atoms with Crippen LogP contribution in [0.4, 0.5) is 0 Å². The molecular weight excluding hydrogens is 180 g/mol. The molecule has 1 fully saturated rings. The molecule has 1 aromatic carbocycles. The van der Waals surface area contributed by atoms with Crippen molar-refractivity contribution in [3.63, 3.8) is 0 Å². The van der Waals surface area contributed by atoms with Gasteiger partial charge in [0.15, 0.2) is 0 Å². The van der Waals surface area contributed by atoms with Crippen LogP contribution in [0.15, 0.2) is 36.4 Å². The van der Waals surface area contributed by atoms with Crippen molar-refractivity contribution in [3.05, 3.63) is 47.5 Å². The highest BCUT2D eigenvalue weighted by Gasteiger charge is 2.20. The van der Waals surface area contributed by atoms with Gasteiger partial charge in [0.1, 0.15) is 0 Å². The summed E-state index contributed by atoms with van der Waals surface area (Å²) in [6, 6.07) is 9.12. The van der Waals surface area contributed by atoms with E-state index in [1.807, 2.05) is 0 Å². The van der Waals surface area contributed by atoms with Crippen molar-refractivity contribution in [2.45, 2.75) is 44.9 Å². The van der Waals surface area contributed by atoms with Crippen LogP contribution in [-0.4, -0.2) is 0 Å². The van der Waals surface area contributed by atoms with Crippen LogP contribution in [0.1, 0.15) is 56.1 Å². The second-order valence-corrected chi connectivity index (χ2v) is 4.92. The van der Waals surface area contributed by atoms with Crippen molar-refractivity contribution >= 4 is 0 Å². The van der Waals surface area contributed by atoms with Gasteiger partial charge >= 0.3 is 0 Å². The molecule has 0 N–H and O–H groups in total. The van der Waals surface area contributed by atoms with Gasteiger partial charge in [0.25, 0.3) is 0 Å². The molecule has 0 nitrogen and oxygen atoms in total. The number of benzene rings is 1. The lowest BCUT2D eigenvalue weighted by Gasteiger charge is -2.13.